The van der Waals surface area contributed by atoms with Crippen molar-refractivity contribution in [3.63, 3.8) is 0 Å². The summed E-state index contributed by atoms with van der Waals surface area (Å²) in [6, 6.07) is 9.43. The molecule has 0 spiro atoms. The van der Waals surface area contributed by atoms with Crippen molar-refractivity contribution >= 4 is 18.4 Å². The molecule has 0 radical (unpaired) electrons. The highest BCUT2D eigenvalue weighted by atomic mass is 32.1. The fourth-order valence-electron chi connectivity index (χ4n) is 1.85. The standard InChI is InChI=1S/C11H9N3OS/c15-10-12-7-4-8-13(12)11(16)14(10)9-5-2-1-3-6-9/h1-6,8H,7H2. The van der Waals surface area contributed by atoms with Gasteiger partial charge in [0.1, 0.15) is 0 Å². The number of aromatic nitrogens is 3. The summed E-state index contributed by atoms with van der Waals surface area (Å²) in [4.78, 5) is 12.1. The van der Waals surface area contributed by atoms with Crippen molar-refractivity contribution in [1.29, 1.82) is 0 Å². The van der Waals surface area contributed by atoms with E-state index in [2.05, 4.69) is 0 Å². The average molecular weight is 231 g/mol. The fraction of sp³-hybridized carbons (Fsp3) is 0.0909. The zero-order chi connectivity index (χ0) is 11.1. The van der Waals surface area contributed by atoms with E-state index in [0.29, 0.717) is 11.3 Å². The maximum Gasteiger partial charge on any atom is 0.350 e. The maximum absolute atomic E-state index is 12.1. The minimum Gasteiger partial charge on any atom is -0.246 e. The summed E-state index contributed by atoms with van der Waals surface area (Å²) in [6.07, 6.45) is 3.73. The summed E-state index contributed by atoms with van der Waals surface area (Å²) in [5.74, 6) is 0. The van der Waals surface area contributed by atoms with E-state index in [1.807, 2.05) is 42.6 Å². The Kier molecular flexibility index (Phi) is 1.94. The van der Waals surface area contributed by atoms with Crippen LogP contribution in [0.4, 0.5) is 0 Å². The van der Waals surface area contributed by atoms with E-state index in [9.17, 15) is 4.79 Å². The smallest absolute Gasteiger partial charge is 0.246 e. The summed E-state index contributed by atoms with van der Waals surface area (Å²) in [6.45, 7) is 0.586. The van der Waals surface area contributed by atoms with Crippen LogP contribution in [0.2, 0.25) is 0 Å². The molecule has 0 atom stereocenters. The molecule has 1 aromatic carbocycles. The number of hydrogen-bond acceptors (Lipinski definition) is 2. The molecule has 1 aromatic heterocycles. The quantitative estimate of drug-likeness (QED) is 0.699. The van der Waals surface area contributed by atoms with Crippen molar-refractivity contribution in [2.24, 2.45) is 0 Å². The predicted octanol–water partition coefficient (Wildman–Crippen LogP) is 1.65. The first kappa shape index (κ1) is 9.35. The lowest BCUT2D eigenvalue weighted by Gasteiger charge is -1.98. The number of para-hydroxylation sites is 1. The minimum absolute atomic E-state index is 0.0961. The van der Waals surface area contributed by atoms with Gasteiger partial charge in [0.25, 0.3) is 0 Å². The second-order valence-electron chi connectivity index (χ2n) is 3.55. The Labute approximate surface area is 96.7 Å². The van der Waals surface area contributed by atoms with Gasteiger partial charge in [-0.05, 0) is 30.4 Å². The van der Waals surface area contributed by atoms with E-state index in [-0.39, 0.29) is 5.69 Å². The van der Waals surface area contributed by atoms with Gasteiger partial charge in [-0.2, -0.15) is 0 Å². The van der Waals surface area contributed by atoms with Crippen molar-refractivity contribution in [1.82, 2.24) is 13.9 Å². The molecule has 16 heavy (non-hydrogen) atoms. The van der Waals surface area contributed by atoms with Gasteiger partial charge in [0.15, 0.2) is 0 Å². The topological polar surface area (TPSA) is 31.9 Å². The lowest BCUT2D eigenvalue weighted by Crippen LogP contribution is -2.23. The molecule has 0 unspecified atom stereocenters. The number of fused-ring (bicyclic) bond motifs is 1. The lowest BCUT2D eigenvalue weighted by molar-refractivity contribution is 0.640. The molecule has 2 heterocycles. The second kappa shape index (κ2) is 3.31. The Morgan fingerprint density at radius 3 is 2.62 bits per heavy atom. The molecule has 0 saturated carbocycles. The van der Waals surface area contributed by atoms with Crippen molar-refractivity contribution in [2.75, 3.05) is 0 Å². The Morgan fingerprint density at radius 2 is 1.94 bits per heavy atom. The van der Waals surface area contributed by atoms with Gasteiger partial charge in [0, 0.05) is 6.20 Å². The van der Waals surface area contributed by atoms with Crippen LogP contribution in [0.1, 0.15) is 0 Å². The normalized spacial score (nSPS) is 13.0. The van der Waals surface area contributed by atoms with Gasteiger partial charge in [0.2, 0.25) is 4.77 Å². The zero-order valence-electron chi connectivity index (χ0n) is 8.41. The molecule has 0 bridgehead atoms. The third kappa shape index (κ3) is 1.15. The monoisotopic (exact) mass is 231 g/mol. The van der Waals surface area contributed by atoms with Crippen LogP contribution in [0.15, 0.2) is 41.2 Å². The van der Waals surface area contributed by atoms with Crippen LogP contribution in [-0.4, -0.2) is 13.9 Å². The number of rotatable bonds is 1. The molecule has 5 heteroatoms. The van der Waals surface area contributed by atoms with E-state index in [1.54, 1.807) is 13.9 Å². The van der Waals surface area contributed by atoms with Crippen LogP contribution < -0.4 is 5.69 Å². The van der Waals surface area contributed by atoms with Crippen molar-refractivity contribution in [2.45, 2.75) is 6.54 Å². The van der Waals surface area contributed by atoms with Crippen LogP contribution in [0.5, 0.6) is 0 Å². The van der Waals surface area contributed by atoms with E-state index in [4.69, 9.17) is 12.2 Å². The summed E-state index contributed by atoms with van der Waals surface area (Å²) in [7, 11) is 0. The molecule has 0 amide bonds. The van der Waals surface area contributed by atoms with Crippen LogP contribution in [0.3, 0.4) is 0 Å². The van der Waals surface area contributed by atoms with Crippen LogP contribution >= 0.6 is 12.2 Å². The van der Waals surface area contributed by atoms with Crippen molar-refractivity contribution in [3.05, 3.63) is 51.7 Å². The van der Waals surface area contributed by atoms with E-state index < -0.39 is 0 Å². The molecule has 0 aliphatic carbocycles. The van der Waals surface area contributed by atoms with E-state index in [1.165, 1.54) is 0 Å². The highest BCUT2D eigenvalue weighted by molar-refractivity contribution is 7.71. The third-order valence-electron chi connectivity index (χ3n) is 2.60. The summed E-state index contributed by atoms with van der Waals surface area (Å²) >= 11 is 5.28. The van der Waals surface area contributed by atoms with Crippen LogP contribution in [0, 0.1) is 4.77 Å². The van der Waals surface area contributed by atoms with Crippen LogP contribution in [0.25, 0.3) is 11.9 Å². The number of nitrogens with zero attached hydrogens (tertiary/aromatic N) is 3. The lowest BCUT2D eigenvalue weighted by atomic mass is 10.3. The first-order valence-electron chi connectivity index (χ1n) is 4.95. The van der Waals surface area contributed by atoms with Gasteiger partial charge in [-0.25, -0.2) is 18.7 Å². The predicted molar refractivity (Wildman–Crippen MR) is 64.2 cm³/mol. The summed E-state index contributed by atoms with van der Waals surface area (Å²) in [5, 5.41) is 0. The molecular formula is C11H9N3OS. The molecule has 3 rings (SSSR count). The first-order valence-corrected chi connectivity index (χ1v) is 5.36. The largest absolute Gasteiger partial charge is 0.350 e. The first-order chi connectivity index (χ1) is 7.79. The maximum atomic E-state index is 12.1. The number of allylic oxidation sites excluding steroid dienone is 1. The Balaban J connectivity index is 2.36. The zero-order valence-corrected chi connectivity index (χ0v) is 9.22. The molecule has 1 aliphatic heterocycles. The highest BCUT2D eigenvalue weighted by Gasteiger charge is 2.14. The minimum atomic E-state index is -0.0961. The number of benzene rings is 1. The Bertz CT molecular complexity index is 675. The molecule has 0 saturated heterocycles. The summed E-state index contributed by atoms with van der Waals surface area (Å²) in [5.41, 5.74) is 0.710. The second-order valence-corrected chi connectivity index (χ2v) is 3.91. The highest BCUT2D eigenvalue weighted by Crippen LogP contribution is 2.08. The molecule has 0 fully saturated rings. The molecule has 1 aliphatic rings. The molecule has 4 nitrogen and oxygen atoms in total. The fourth-order valence-corrected chi connectivity index (χ4v) is 2.19. The molecule has 2 aromatic rings. The van der Waals surface area contributed by atoms with Crippen molar-refractivity contribution < 1.29 is 0 Å². The Hall–Kier alpha value is -1.88. The van der Waals surface area contributed by atoms with Gasteiger partial charge in [-0.15, -0.1) is 0 Å². The van der Waals surface area contributed by atoms with E-state index in [0.717, 1.165) is 5.69 Å². The third-order valence-corrected chi connectivity index (χ3v) is 2.97. The van der Waals surface area contributed by atoms with E-state index >= 15 is 0 Å². The SMILES string of the molecule is O=c1n(-c2ccccc2)c(=S)n2n1CC=C2. The van der Waals surface area contributed by atoms with Gasteiger partial charge in [-0.1, -0.05) is 18.2 Å². The Morgan fingerprint density at radius 1 is 1.19 bits per heavy atom. The van der Waals surface area contributed by atoms with Gasteiger partial charge in [-0.3, -0.25) is 0 Å². The number of hydrogen-bond donors (Lipinski definition) is 0. The van der Waals surface area contributed by atoms with Gasteiger partial charge < -0.3 is 0 Å². The van der Waals surface area contributed by atoms with Crippen LogP contribution in [-0.2, 0) is 6.54 Å². The van der Waals surface area contributed by atoms with Gasteiger partial charge >= 0.3 is 5.69 Å². The summed E-state index contributed by atoms with van der Waals surface area (Å²) < 4.78 is 5.35. The van der Waals surface area contributed by atoms with Crippen molar-refractivity contribution in [3.8, 4) is 5.69 Å². The average Bonchev–Trinajstić information content (AvgIpc) is 2.86. The molecule has 0 N–H and O–H groups in total. The van der Waals surface area contributed by atoms with Gasteiger partial charge in [0.05, 0.1) is 12.2 Å². The molecule has 80 valence electrons. The molecular weight excluding hydrogens is 222 g/mol.